The second-order valence-electron chi connectivity index (χ2n) is 6.46. The van der Waals surface area contributed by atoms with Gasteiger partial charge in [-0.1, -0.05) is 42.5 Å². The Balaban J connectivity index is 1.88. The Morgan fingerprint density at radius 1 is 1.13 bits per heavy atom. The molecule has 1 N–H and O–H groups in total. The van der Waals surface area contributed by atoms with Gasteiger partial charge in [0.2, 0.25) is 0 Å². The summed E-state index contributed by atoms with van der Waals surface area (Å²) in [6, 6.07) is 20.0. The molecular weight excluding hydrogens is 446 g/mol. The largest absolute Gasteiger partial charge is 0.503 e. The quantitative estimate of drug-likeness (QED) is 0.430. The van der Waals surface area contributed by atoms with Crippen LogP contribution in [0.2, 0.25) is 0 Å². The molecular formula is C23H18BrN3O3. The fourth-order valence-corrected chi connectivity index (χ4v) is 3.52. The Labute approximate surface area is 181 Å². The van der Waals surface area contributed by atoms with Crippen LogP contribution in [0.25, 0.3) is 22.3 Å². The topological polar surface area (TPSA) is 76.7 Å². The zero-order valence-electron chi connectivity index (χ0n) is 16.1. The van der Waals surface area contributed by atoms with Crippen LogP contribution < -0.4 is 10.3 Å². The van der Waals surface area contributed by atoms with Gasteiger partial charge in [0.15, 0.2) is 17.3 Å². The Hall–Kier alpha value is -3.45. The van der Waals surface area contributed by atoms with E-state index in [2.05, 4.69) is 26.0 Å². The van der Waals surface area contributed by atoms with E-state index in [0.717, 1.165) is 5.56 Å². The van der Waals surface area contributed by atoms with Gasteiger partial charge in [-0.05, 0) is 52.7 Å². The number of hydrogen-bond acceptors (Lipinski definition) is 5. The second-order valence-corrected chi connectivity index (χ2v) is 7.32. The Morgan fingerprint density at radius 2 is 1.87 bits per heavy atom. The third-order valence-electron chi connectivity index (χ3n) is 4.46. The van der Waals surface area contributed by atoms with Gasteiger partial charge in [0.25, 0.3) is 5.56 Å². The smallest absolute Gasteiger partial charge is 0.282 e. The number of halogens is 1. The summed E-state index contributed by atoms with van der Waals surface area (Å²) in [7, 11) is 0. The summed E-state index contributed by atoms with van der Waals surface area (Å²) in [5.74, 6) is 0.794. The number of phenols is 1. The maximum atomic E-state index is 13.2. The number of aromatic hydroxyl groups is 1. The first-order chi connectivity index (χ1) is 14.6. The molecule has 0 aliphatic rings. The van der Waals surface area contributed by atoms with E-state index in [9.17, 15) is 9.90 Å². The van der Waals surface area contributed by atoms with Crippen LogP contribution in [0.1, 0.15) is 12.5 Å². The Bertz CT molecular complexity index is 1300. The van der Waals surface area contributed by atoms with Gasteiger partial charge in [0.1, 0.15) is 0 Å². The Kier molecular flexibility index (Phi) is 5.63. The molecule has 0 atom stereocenters. The van der Waals surface area contributed by atoms with Crippen molar-refractivity contribution in [2.24, 2.45) is 5.10 Å². The van der Waals surface area contributed by atoms with E-state index in [1.54, 1.807) is 24.3 Å². The van der Waals surface area contributed by atoms with Gasteiger partial charge in [-0.3, -0.25) is 4.79 Å². The molecule has 0 aliphatic heterocycles. The lowest BCUT2D eigenvalue weighted by atomic mass is 10.2. The van der Waals surface area contributed by atoms with Gasteiger partial charge in [0.05, 0.1) is 28.2 Å². The summed E-state index contributed by atoms with van der Waals surface area (Å²) in [6.07, 6.45) is 1.54. The molecule has 4 rings (SSSR count). The number of phenolic OH excluding ortho intramolecular Hbond substituents is 1. The van der Waals surface area contributed by atoms with Crippen molar-refractivity contribution in [3.8, 4) is 22.9 Å². The molecule has 3 aromatic carbocycles. The van der Waals surface area contributed by atoms with Gasteiger partial charge in [-0.2, -0.15) is 9.78 Å². The third kappa shape index (κ3) is 3.84. The van der Waals surface area contributed by atoms with E-state index in [4.69, 9.17) is 4.74 Å². The van der Waals surface area contributed by atoms with Gasteiger partial charge in [-0.15, -0.1) is 0 Å². The van der Waals surface area contributed by atoms with Crippen molar-refractivity contribution >= 4 is 33.0 Å². The lowest BCUT2D eigenvalue weighted by Crippen LogP contribution is -2.20. The van der Waals surface area contributed by atoms with Crippen LogP contribution in [-0.2, 0) is 0 Å². The monoisotopic (exact) mass is 463 g/mol. The predicted molar refractivity (Wildman–Crippen MR) is 121 cm³/mol. The molecule has 0 unspecified atom stereocenters. The lowest BCUT2D eigenvalue weighted by molar-refractivity contribution is 0.317. The summed E-state index contributed by atoms with van der Waals surface area (Å²) in [5.41, 5.74) is 1.78. The van der Waals surface area contributed by atoms with Crippen molar-refractivity contribution in [1.82, 2.24) is 9.66 Å². The zero-order chi connectivity index (χ0) is 21.1. The van der Waals surface area contributed by atoms with Crippen molar-refractivity contribution < 1.29 is 9.84 Å². The fraction of sp³-hybridized carbons (Fsp3) is 0.0870. The molecule has 0 fully saturated rings. The molecule has 0 spiro atoms. The molecule has 0 saturated heterocycles. The molecule has 1 heterocycles. The molecule has 0 bridgehead atoms. The average Bonchev–Trinajstić information content (AvgIpc) is 2.77. The van der Waals surface area contributed by atoms with Crippen LogP contribution in [0.5, 0.6) is 11.5 Å². The summed E-state index contributed by atoms with van der Waals surface area (Å²) in [5, 5.41) is 15.0. The standard InChI is InChI=1S/C23H18BrN3O3/c1-2-30-20-13-15(12-18(24)21(20)28)14-25-27-22(16-8-4-3-5-9-16)26-19-11-7-6-10-17(19)23(27)29/h3-14,28H,2H2,1H3. The number of rotatable bonds is 5. The number of benzene rings is 3. The van der Waals surface area contributed by atoms with Crippen LogP contribution in [-0.4, -0.2) is 27.6 Å². The average molecular weight is 464 g/mol. The van der Waals surface area contributed by atoms with Gasteiger partial charge < -0.3 is 9.84 Å². The molecule has 1 aromatic heterocycles. The van der Waals surface area contributed by atoms with E-state index in [-0.39, 0.29) is 11.3 Å². The molecule has 30 heavy (non-hydrogen) atoms. The van der Waals surface area contributed by atoms with Crippen molar-refractivity contribution in [1.29, 1.82) is 0 Å². The first-order valence-electron chi connectivity index (χ1n) is 9.35. The van der Waals surface area contributed by atoms with Gasteiger partial charge in [0, 0.05) is 5.56 Å². The van der Waals surface area contributed by atoms with E-state index >= 15 is 0 Å². The molecule has 6 nitrogen and oxygen atoms in total. The minimum atomic E-state index is -0.265. The number of fused-ring (bicyclic) bond motifs is 1. The highest BCUT2D eigenvalue weighted by Gasteiger charge is 2.13. The van der Waals surface area contributed by atoms with Crippen LogP contribution in [0.3, 0.4) is 0 Å². The number of aromatic nitrogens is 2. The van der Waals surface area contributed by atoms with E-state index in [1.165, 1.54) is 10.9 Å². The van der Waals surface area contributed by atoms with Crippen LogP contribution in [0.15, 0.2) is 81.1 Å². The SMILES string of the molecule is CCOc1cc(C=Nn2c(-c3ccccc3)nc3ccccc3c2=O)cc(Br)c1O. The van der Waals surface area contributed by atoms with Crippen molar-refractivity contribution in [3.63, 3.8) is 0 Å². The molecule has 7 heteroatoms. The van der Waals surface area contributed by atoms with E-state index in [0.29, 0.717) is 39.1 Å². The number of nitrogens with zero attached hydrogens (tertiary/aromatic N) is 3. The first-order valence-corrected chi connectivity index (χ1v) is 10.1. The van der Waals surface area contributed by atoms with Crippen LogP contribution in [0.4, 0.5) is 0 Å². The molecule has 0 aliphatic carbocycles. The maximum absolute atomic E-state index is 13.2. The highest BCUT2D eigenvalue weighted by Crippen LogP contribution is 2.35. The minimum Gasteiger partial charge on any atom is -0.503 e. The van der Waals surface area contributed by atoms with Crippen LogP contribution >= 0.6 is 15.9 Å². The zero-order valence-corrected chi connectivity index (χ0v) is 17.7. The predicted octanol–water partition coefficient (Wildman–Crippen LogP) is 4.81. The van der Waals surface area contributed by atoms with Crippen molar-refractivity contribution in [3.05, 3.63) is 87.1 Å². The van der Waals surface area contributed by atoms with Crippen LogP contribution in [0, 0.1) is 0 Å². The number of hydrogen-bond donors (Lipinski definition) is 1. The Morgan fingerprint density at radius 3 is 2.63 bits per heavy atom. The molecule has 150 valence electrons. The minimum absolute atomic E-state index is 0.0171. The van der Waals surface area contributed by atoms with E-state index in [1.807, 2.05) is 49.4 Å². The highest BCUT2D eigenvalue weighted by atomic mass is 79.9. The summed E-state index contributed by atoms with van der Waals surface area (Å²) in [6.45, 7) is 2.24. The van der Waals surface area contributed by atoms with Gasteiger partial charge in [-0.25, -0.2) is 4.98 Å². The highest BCUT2D eigenvalue weighted by molar-refractivity contribution is 9.10. The molecule has 4 aromatic rings. The third-order valence-corrected chi connectivity index (χ3v) is 5.06. The summed E-state index contributed by atoms with van der Waals surface area (Å²) in [4.78, 5) is 17.8. The fourth-order valence-electron chi connectivity index (χ4n) is 3.06. The summed E-state index contributed by atoms with van der Waals surface area (Å²) >= 11 is 3.32. The summed E-state index contributed by atoms with van der Waals surface area (Å²) < 4.78 is 7.23. The number of para-hydroxylation sites is 1. The van der Waals surface area contributed by atoms with Crippen molar-refractivity contribution in [2.75, 3.05) is 6.61 Å². The molecule has 0 amide bonds. The van der Waals surface area contributed by atoms with Gasteiger partial charge >= 0.3 is 0 Å². The first kappa shape index (κ1) is 19.8. The molecule has 0 saturated carbocycles. The normalized spacial score (nSPS) is 11.3. The lowest BCUT2D eigenvalue weighted by Gasteiger charge is -2.10. The van der Waals surface area contributed by atoms with E-state index < -0.39 is 0 Å². The number of ether oxygens (including phenoxy) is 1. The maximum Gasteiger partial charge on any atom is 0.282 e. The molecule has 0 radical (unpaired) electrons. The second kappa shape index (κ2) is 8.51. The van der Waals surface area contributed by atoms with Crippen molar-refractivity contribution in [2.45, 2.75) is 6.92 Å².